The van der Waals surface area contributed by atoms with E-state index in [-0.39, 0.29) is 0 Å². The standard InChI is InChI=1S/C33H38/c1-3-6-25-11-15-27(16-12-25)28-17-13-26(14-18-28)23-30-21-22-32(33-8-5-7-31(30)33)29-19-9-24(4-2)10-20-29/h5,7-10,13-14,17-22,25,27,33H,3-4,6,11-12,15-16,23H2,1-2H3. The van der Waals surface area contributed by atoms with Gasteiger partial charge in [-0.05, 0) is 89.3 Å². The topological polar surface area (TPSA) is 0 Å². The summed E-state index contributed by atoms with van der Waals surface area (Å²) in [5.74, 6) is 2.15. The molecule has 0 radical (unpaired) electrons. The van der Waals surface area contributed by atoms with Crippen molar-refractivity contribution in [3.63, 3.8) is 0 Å². The van der Waals surface area contributed by atoms with Gasteiger partial charge < -0.3 is 0 Å². The van der Waals surface area contributed by atoms with Crippen molar-refractivity contribution in [1.29, 1.82) is 0 Å². The van der Waals surface area contributed by atoms with Crippen LogP contribution in [0.15, 0.2) is 90.1 Å². The molecule has 0 saturated heterocycles. The summed E-state index contributed by atoms with van der Waals surface area (Å²) in [6.45, 7) is 4.54. The zero-order valence-electron chi connectivity index (χ0n) is 20.4. The molecule has 5 rings (SSSR count). The summed E-state index contributed by atoms with van der Waals surface area (Å²) in [4.78, 5) is 0. The zero-order chi connectivity index (χ0) is 22.6. The molecule has 3 aliphatic carbocycles. The molecule has 0 aromatic heterocycles. The van der Waals surface area contributed by atoms with E-state index in [9.17, 15) is 0 Å². The number of hydrogen-bond donors (Lipinski definition) is 0. The van der Waals surface area contributed by atoms with Crippen molar-refractivity contribution in [2.24, 2.45) is 11.8 Å². The molecule has 0 bridgehead atoms. The Morgan fingerprint density at radius 2 is 1.45 bits per heavy atom. The van der Waals surface area contributed by atoms with Crippen molar-refractivity contribution in [1.82, 2.24) is 0 Å². The smallest absolute Gasteiger partial charge is 0.0281 e. The van der Waals surface area contributed by atoms with Crippen molar-refractivity contribution in [2.45, 2.75) is 71.1 Å². The Morgan fingerprint density at radius 3 is 2.15 bits per heavy atom. The zero-order valence-corrected chi connectivity index (χ0v) is 20.4. The van der Waals surface area contributed by atoms with Crippen LogP contribution in [-0.4, -0.2) is 0 Å². The van der Waals surface area contributed by atoms with Gasteiger partial charge >= 0.3 is 0 Å². The number of benzene rings is 2. The third-order valence-electron chi connectivity index (χ3n) is 8.17. The first-order valence-corrected chi connectivity index (χ1v) is 13.2. The largest absolute Gasteiger partial charge is 0.0726 e. The lowest BCUT2D eigenvalue weighted by molar-refractivity contribution is 0.308. The molecule has 2 aromatic carbocycles. The van der Waals surface area contributed by atoms with Gasteiger partial charge in [0.25, 0.3) is 0 Å². The molecule has 1 fully saturated rings. The molecule has 170 valence electrons. The van der Waals surface area contributed by atoms with Gasteiger partial charge in [-0.25, -0.2) is 0 Å². The fraction of sp³-hybridized carbons (Fsp3) is 0.394. The lowest BCUT2D eigenvalue weighted by atomic mass is 9.77. The second kappa shape index (κ2) is 10.1. The predicted octanol–water partition coefficient (Wildman–Crippen LogP) is 9.00. The Morgan fingerprint density at radius 1 is 0.727 bits per heavy atom. The SMILES string of the molecule is CCCC1CCC(c2ccc(CC3=CC=C(c4ccc(CC)cc4)C4C=CC=C34)cc2)CC1. The van der Waals surface area contributed by atoms with Crippen molar-refractivity contribution in [3.8, 4) is 0 Å². The van der Waals surface area contributed by atoms with Crippen LogP contribution in [0.3, 0.4) is 0 Å². The molecular formula is C33H38. The Kier molecular flexibility index (Phi) is 6.81. The van der Waals surface area contributed by atoms with E-state index in [1.165, 1.54) is 71.9 Å². The van der Waals surface area contributed by atoms with Crippen LogP contribution in [0.5, 0.6) is 0 Å². The second-order valence-electron chi connectivity index (χ2n) is 10.3. The van der Waals surface area contributed by atoms with Crippen LogP contribution in [0, 0.1) is 11.8 Å². The van der Waals surface area contributed by atoms with Gasteiger partial charge in [0.2, 0.25) is 0 Å². The van der Waals surface area contributed by atoms with Crippen molar-refractivity contribution in [3.05, 3.63) is 112 Å². The van der Waals surface area contributed by atoms with E-state index in [0.29, 0.717) is 5.92 Å². The third kappa shape index (κ3) is 4.86. The van der Waals surface area contributed by atoms with Crippen LogP contribution >= 0.6 is 0 Å². The molecule has 0 heterocycles. The molecule has 1 unspecified atom stereocenters. The summed E-state index contributed by atoms with van der Waals surface area (Å²) >= 11 is 0. The molecule has 1 saturated carbocycles. The molecule has 0 amide bonds. The minimum atomic E-state index is 0.398. The number of allylic oxidation sites excluding steroid dienone is 8. The lowest BCUT2D eigenvalue weighted by Crippen LogP contribution is -2.13. The molecule has 2 aromatic rings. The summed E-state index contributed by atoms with van der Waals surface area (Å²) < 4.78 is 0. The maximum atomic E-state index is 2.42. The normalized spacial score (nSPS) is 24.2. The molecule has 33 heavy (non-hydrogen) atoms. The van der Waals surface area contributed by atoms with E-state index >= 15 is 0 Å². The number of fused-ring (bicyclic) bond motifs is 1. The molecule has 0 nitrogen and oxygen atoms in total. The van der Waals surface area contributed by atoms with Crippen LogP contribution in [0.2, 0.25) is 0 Å². The highest BCUT2D eigenvalue weighted by Crippen LogP contribution is 2.42. The highest BCUT2D eigenvalue weighted by atomic mass is 14.3. The van der Waals surface area contributed by atoms with Gasteiger partial charge in [0.05, 0.1) is 0 Å². The van der Waals surface area contributed by atoms with Gasteiger partial charge in [-0.15, -0.1) is 0 Å². The molecule has 1 atom stereocenters. The van der Waals surface area contributed by atoms with E-state index in [2.05, 4.69) is 92.8 Å². The van der Waals surface area contributed by atoms with Crippen LogP contribution < -0.4 is 0 Å². The monoisotopic (exact) mass is 434 g/mol. The minimum Gasteiger partial charge on any atom is -0.0726 e. The Labute approximate surface area is 200 Å². The van der Waals surface area contributed by atoms with Gasteiger partial charge in [0, 0.05) is 5.92 Å². The van der Waals surface area contributed by atoms with Crippen LogP contribution in [0.4, 0.5) is 0 Å². The molecular weight excluding hydrogens is 396 g/mol. The number of rotatable bonds is 7. The Balaban J connectivity index is 1.28. The maximum absolute atomic E-state index is 2.42. The van der Waals surface area contributed by atoms with E-state index in [1.54, 1.807) is 5.56 Å². The summed E-state index contributed by atoms with van der Waals surface area (Å²) in [6, 6.07) is 18.7. The average molecular weight is 435 g/mol. The van der Waals surface area contributed by atoms with Crippen molar-refractivity contribution >= 4 is 5.57 Å². The van der Waals surface area contributed by atoms with Gasteiger partial charge in [0.15, 0.2) is 0 Å². The van der Waals surface area contributed by atoms with Gasteiger partial charge in [-0.1, -0.05) is 106 Å². The highest BCUT2D eigenvalue weighted by Gasteiger charge is 2.26. The maximum Gasteiger partial charge on any atom is 0.0281 e. The van der Waals surface area contributed by atoms with E-state index in [4.69, 9.17) is 0 Å². The molecule has 0 heteroatoms. The molecule has 0 N–H and O–H groups in total. The summed E-state index contributed by atoms with van der Waals surface area (Å²) in [5.41, 5.74) is 10.1. The van der Waals surface area contributed by atoms with Gasteiger partial charge in [0.1, 0.15) is 0 Å². The molecule has 0 aliphatic heterocycles. The minimum absolute atomic E-state index is 0.398. The number of hydrogen-bond acceptors (Lipinski definition) is 0. The van der Waals surface area contributed by atoms with Gasteiger partial charge in [-0.2, -0.15) is 0 Å². The Hall–Kier alpha value is -2.60. The lowest BCUT2D eigenvalue weighted by Gasteiger charge is -2.29. The predicted molar refractivity (Wildman–Crippen MR) is 142 cm³/mol. The van der Waals surface area contributed by atoms with Gasteiger partial charge in [-0.3, -0.25) is 0 Å². The van der Waals surface area contributed by atoms with E-state index in [1.807, 2.05) is 0 Å². The number of aryl methyl sites for hydroxylation is 1. The summed E-state index contributed by atoms with van der Waals surface area (Å²) in [7, 11) is 0. The fourth-order valence-electron chi connectivity index (χ4n) is 6.14. The first-order valence-electron chi connectivity index (χ1n) is 13.2. The quantitative estimate of drug-likeness (QED) is 0.408. The van der Waals surface area contributed by atoms with E-state index < -0.39 is 0 Å². The Bertz CT molecular complexity index is 1060. The summed E-state index contributed by atoms with van der Waals surface area (Å²) in [6.07, 6.45) is 22.1. The first-order chi connectivity index (χ1) is 16.2. The molecule has 0 spiro atoms. The average Bonchev–Trinajstić information content (AvgIpc) is 3.36. The molecule has 3 aliphatic rings. The highest BCUT2D eigenvalue weighted by molar-refractivity contribution is 5.78. The second-order valence-corrected chi connectivity index (χ2v) is 10.3. The first kappa shape index (κ1) is 22.2. The fourth-order valence-corrected chi connectivity index (χ4v) is 6.14. The summed E-state index contributed by atoms with van der Waals surface area (Å²) in [5, 5.41) is 0. The third-order valence-corrected chi connectivity index (χ3v) is 8.17. The van der Waals surface area contributed by atoms with E-state index in [0.717, 1.165) is 24.7 Å². The van der Waals surface area contributed by atoms with Crippen LogP contribution in [-0.2, 0) is 12.8 Å². The van der Waals surface area contributed by atoms with Crippen molar-refractivity contribution < 1.29 is 0 Å². The van der Waals surface area contributed by atoms with Crippen molar-refractivity contribution in [2.75, 3.05) is 0 Å². The van der Waals surface area contributed by atoms with Crippen LogP contribution in [0.1, 0.15) is 80.5 Å². The van der Waals surface area contributed by atoms with Crippen LogP contribution in [0.25, 0.3) is 5.57 Å².